The number of carbonyl (C=O) groups is 3. The predicted octanol–water partition coefficient (Wildman–Crippen LogP) is 10.1. The van der Waals surface area contributed by atoms with Gasteiger partial charge in [-0.25, -0.2) is 0 Å². The molecule has 0 aromatic heterocycles. The second-order valence-electron chi connectivity index (χ2n) is 10.2. The van der Waals surface area contributed by atoms with Crippen molar-refractivity contribution in [3.63, 3.8) is 0 Å². The van der Waals surface area contributed by atoms with E-state index in [1.165, 1.54) is 43.8 Å². The molecule has 0 atom stereocenters. The third-order valence-electron chi connectivity index (χ3n) is 7.46. The molecule has 0 amide bonds. The van der Waals surface area contributed by atoms with Gasteiger partial charge in [0.25, 0.3) is 0 Å². The van der Waals surface area contributed by atoms with E-state index < -0.39 is 5.41 Å². The van der Waals surface area contributed by atoms with E-state index >= 15 is 0 Å². The average Bonchev–Trinajstić information content (AvgIpc) is 3.68. The van der Waals surface area contributed by atoms with Gasteiger partial charge >= 0.3 is 0 Å². The molecule has 8 rings (SSSR count). The first-order valence-electron chi connectivity index (χ1n) is 13.5. The Kier molecular flexibility index (Phi) is 8.51. The first-order chi connectivity index (χ1) is 21.3. The van der Waals surface area contributed by atoms with Crippen LogP contribution in [0.4, 0.5) is 0 Å². The molecule has 5 aliphatic rings. The monoisotopic (exact) mass is 702 g/mol. The molecule has 218 valence electrons. The van der Waals surface area contributed by atoms with Crippen LogP contribution >= 0.6 is 82.3 Å². The second kappa shape index (κ2) is 12.3. The van der Waals surface area contributed by atoms with Gasteiger partial charge in [0.2, 0.25) is 0 Å². The SMILES string of the molecule is CC(=O)Sc1cccc2c1C1c3c(SC(C)=O)cccc3C2(C#CC2=CSC(=C3SC=CS3)S2)c2cccc(SC(C)=O)c21. The number of hydrogen-bond acceptors (Lipinski definition) is 10. The molecule has 3 nitrogen and oxygen atoms in total. The van der Waals surface area contributed by atoms with E-state index in [1.54, 1.807) is 67.8 Å². The number of thioether (sulfide) groups is 7. The molecule has 0 saturated carbocycles. The molecule has 0 radical (unpaired) electrons. The van der Waals surface area contributed by atoms with Crippen molar-refractivity contribution in [3.8, 4) is 11.8 Å². The van der Waals surface area contributed by atoms with Crippen molar-refractivity contribution in [1.29, 1.82) is 0 Å². The van der Waals surface area contributed by atoms with Gasteiger partial charge in [-0.2, -0.15) is 0 Å². The molecule has 0 fully saturated rings. The van der Waals surface area contributed by atoms with Crippen molar-refractivity contribution in [2.75, 3.05) is 0 Å². The number of benzene rings is 3. The topological polar surface area (TPSA) is 51.2 Å². The Morgan fingerprint density at radius 1 is 0.659 bits per heavy atom. The summed E-state index contributed by atoms with van der Waals surface area (Å²) in [6, 6.07) is 18.5. The smallest absolute Gasteiger partial charge is 0.190 e. The summed E-state index contributed by atoms with van der Waals surface area (Å²) >= 11 is 10.6. The van der Waals surface area contributed by atoms with Gasteiger partial charge in [0.05, 0.1) is 13.4 Å². The Balaban J connectivity index is 1.54. The highest BCUT2D eigenvalue weighted by Crippen LogP contribution is 2.63. The summed E-state index contributed by atoms with van der Waals surface area (Å²) in [5.74, 6) is 7.12. The van der Waals surface area contributed by atoms with Crippen molar-refractivity contribution in [1.82, 2.24) is 0 Å². The minimum atomic E-state index is -0.872. The Morgan fingerprint density at radius 2 is 1.11 bits per heavy atom. The van der Waals surface area contributed by atoms with Gasteiger partial charge in [0.1, 0.15) is 5.41 Å². The fraction of sp³-hybridized carbons (Fsp3) is 0.147. The summed E-state index contributed by atoms with van der Waals surface area (Å²) in [4.78, 5) is 41.3. The van der Waals surface area contributed by atoms with Gasteiger partial charge in [-0.15, -0.1) is 0 Å². The summed E-state index contributed by atoms with van der Waals surface area (Å²) in [7, 11) is 0. The molecule has 2 bridgehead atoms. The molecule has 3 aromatic carbocycles. The quantitative estimate of drug-likeness (QED) is 0.195. The summed E-state index contributed by atoms with van der Waals surface area (Å²) in [6.07, 6.45) is 0. The second-order valence-corrected chi connectivity index (χ2v) is 18.1. The minimum Gasteiger partial charge on any atom is -0.287 e. The lowest BCUT2D eigenvalue weighted by molar-refractivity contribution is -0.109. The molecule has 2 aliphatic heterocycles. The van der Waals surface area contributed by atoms with Gasteiger partial charge in [-0.05, 0) is 67.8 Å². The summed E-state index contributed by atoms with van der Waals surface area (Å²) in [5.41, 5.74) is 5.38. The summed E-state index contributed by atoms with van der Waals surface area (Å²) in [5, 5.41) is 6.33. The van der Waals surface area contributed by atoms with Crippen molar-refractivity contribution in [2.45, 2.75) is 46.8 Å². The molecular weight excluding hydrogens is 681 g/mol. The molecule has 0 spiro atoms. The molecular formula is C34H22O3S7. The highest BCUT2D eigenvalue weighted by molar-refractivity contribution is 8.33. The van der Waals surface area contributed by atoms with Gasteiger partial charge < -0.3 is 0 Å². The highest BCUT2D eigenvalue weighted by Gasteiger charge is 2.53. The number of rotatable bonds is 3. The van der Waals surface area contributed by atoms with Crippen molar-refractivity contribution in [3.05, 3.63) is 118 Å². The Bertz CT molecular complexity index is 1790. The average molecular weight is 703 g/mol. The molecule has 0 saturated heterocycles. The van der Waals surface area contributed by atoms with Crippen LogP contribution in [-0.4, -0.2) is 15.3 Å². The van der Waals surface area contributed by atoms with E-state index in [0.29, 0.717) is 0 Å². The third-order valence-corrected chi connectivity index (χ3v) is 15.0. The zero-order chi connectivity index (χ0) is 30.6. The number of carbonyl (C=O) groups excluding carboxylic acids is 3. The summed E-state index contributed by atoms with van der Waals surface area (Å²) in [6.45, 7) is 4.75. The molecule has 3 aromatic rings. The van der Waals surface area contributed by atoms with Crippen LogP contribution in [0.1, 0.15) is 60.1 Å². The fourth-order valence-electron chi connectivity index (χ4n) is 6.17. The molecule has 3 aliphatic carbocycles. The zero-order valence-electron chi connectivity index (χ0n) is 23.6. The normalized spacial score (nSPS) is 20.4. The highest BCUT2D eigenvalue weighted by atomic mass is 32.2. The molecule has 0 N–H and O–H groups in total. The van der Waals surface area contributed by atoms with E-state index in [9.17, 15) is 14.4 Å². The molecule has 0 unspecified atom stereocenters. The van der Waals surface area contributed by atoms with Crippen LogP contribution in [0.3, 0.4) is 0 Å². The maximum Gasteiger partial charge on any atom is 0.190 e. The van der Waals surface area contributed by atoms with Crippen LogP contribution in [0.5, 0.6) is 0 Å². The molecule has 2 heterocycles. The maximum absolute atomic E-state index is 12.6. The maximum atomic E-state index is 12.6. The minimum absolute atomic E-state index is 0.000431. The molecule has 44 heavy (non-hydrogen) atoms. The third kappa shape index (κ3) is 5.19. The standard InChI is InChI=1S/C34H22O3S7/c1-18(35)41-25-10-4-7-22-28(25)31-29-23(8-5-11-26(29)42-19(2)36)34(22,24-9-6-12-27(30(24)31)43-20(3)37)14-13-21-17-40-33(44-21)32-38-15-16-39-32/h4-12,15-17,31H,1-3H3. The van der Waals surface area contributed by atoms with Gasteiger partial charge in [-0.3, -0.25) is 14.4 Å². The Morgan fingerprint density at radius 3 is 1.55 bits per heavy atom. The van der Waals surface area contributed by atoms with Gasteiger partial charge in [0.15, 0.2) is 15.3 Å². The molecule has 10 heteroatoms. The van der Waals surface area contributed by atoms with Crippen LogP contribution in [0.25, 0.3) is 0 Å². The lowest BCUT2D eigenvalue weighted by Crippen LogP contribution is -2.42. The first-order valence-corrected chi connectivity index (χ1v) is 19.4. The van der Waals surface area contributed by atoms with Crippen molar-refractivity contribution < 1.29 is 14.4 Å². The van der Waals surface area contributed by atoms with Crippen LogP contribution in [0, 0.1) is 11.8 Å². The van der Waals surface area contributed by atoms with Crippen LogP contribution < -0.4 is 0 Å². The van der Waals surface area contributed by atoms with Crippen molar-refractivity contribution >= 4 is 97.7 Å². The predicted molar refractivity (Wildman–Crippen MR) is 192 cm³/mol. The fourth-order valence-corrected chi connectivity index (χ4v) is 12.8. The van der Waals surface area contributed by atoms with Crippen molar-refractivity contribution in [2.24, 2.45) is 0 Å². The van der Waals surface area contributed by atoms with E-state index in [2.05, 4.69) is 46.3 Å². The van der Waals surface area contributed by atoms with E-state index in [-0.39, 0.29) is 21.3 Å². The van der Waals surface area contributed by atoms with E-state index in [4.69, 9.17) is 0 Å². The largest absolute Gasteiger partial charge is 0.287 e. The first kappa shape index (κ1) is 30.5. The lowest BCUT2D eigenvalue weighted by atomic mass is 9.53. The lowest BCUT2D eigenvalue weighted by Gasteiger charge is -2.49. The number of allylic oxidation sites excluding steroid dienone is 1. The van der Waals surface area contributed by atoms with E-state index in [1.807, 2.05) is 36.4 Å². The summed E-state index contributed by atoms with van der Waals surface area (Å²) < 4.78 is 2.51. The Labute approximate surface area is 286 Å². The Hall–Kier alpha value is -2.10. The number of hydrogen-bond donors (Lipinski definition) is 0. The van der Waals surface area contributed by atoms with E-state index in [0.717, 1.165) is 53.0 Å². The van der Waals surface area contributed by atoms with Gasteiger partial charge in [-0.1, -0.05) is 131 Å². The van der Waals surface area contributed by atoms with Crippen LogP contribution in [0.15, 0.2) is 98.9 Å². The van der Waals surface area contributed by atoms with Crippen LogP contribution in [0.2, 0.25) is 0 Å². The van der Waals surface area contributed by atoms with Crippen LogP contribution in [-0.2, 0) is 19.8 Å². The van der Waals surface area contributed by atoms with Gasteiger partial charge in [0, 0.05) is 41.4 Å². The zero-order valence-corrected chi connectivity index (χ0v) is 29.3.